The predicted octanol–water partition coefficient (Wildman–Crippen LogP) is 0.722. The van der Waals surface area contributed by atoms with Gasteiger partial charge in [0, 0.05) is 32.5 Å². The molecule has 0 bridgehead atoms. The molecule has 0 aliphatic rings. The molecule has 0 aromatic carbocycles. The molecule has 0 atom stereocenters. The molecule has 0 unspecified atom stereocenters. The smallest absolute Gasteiger partial charge is 0.198 e. The van der Waals surface area contributed by atoms with E-state index in [9.17, 15) is 0 Å². The number of hydrogen-bond donors (Lipinski definition) is 2. The molecular weight excluding hydrogens is 234 g/mol. The first kappa shape index (κ1) is 13.4. The molecule has 0 saturated carbocycles. The first-order chi connectivity index (χ1) is 8.13. The minimum Gasteiger partial charge on any atom is -0.369 e. The summed E-state index contributed by atoms with van der Waals surface area (Å²) in [6.45, 7) is 3.41. The van der Waals surface area contributed by atoms with Crippen LogP contribution < -0.4 is 11.1 Å². The van der Waals surface area contributed by atoms with Gasteiger partial charge in [-0.2, -0.15) is 4.99 Å². The van der Waals surface area contributed by atoms with E-state index in [0.29, 0.717) is 17.6 Å². The van der Waals surface area contributed by atoms with Crippen LogP contribution in [0.25, 0.3) is 0 Å². The van der Waals surface area contributed by atoms with E-state index >= 15 is 0 Å². The van der Waals surface area contributed by atoms with Gasteiger partial charge in [-0.3, -0.25) is 4.98 Å². The highest BCUT2D eigenvalue weighted by molar-refractivity contribution is 7.80. The van der Waals surface area contributed by atoms with Crippen LogP contribution in [0.5, 0.6) is 0 Å². The summed E-state index contributed by atoms with van der Waals surface area (Å²) in [5.74, 6) is 0.416. The van der Waals surface area contributed by atoms with E-state index in [-0.39, 0.29) is 0 Å². The van der Waals surface area contributed by atoms with Gasteiger partial charge in [0.2, 0.25) is 0 Å². The first-order valence-electron chi connectivity index (χ1n) is 5.35. The van der Waals surface area contributed by atoms with E-state index in [4.69, 9.17) is 18.0 Å². The maximum atomic E-state index is 5.74. The lowest BCUT2D eigenvalue weighted by Crippen LogP contribution is -2.35. The van der Waals surface area contributed by atoms with Gasteiger partial charge in [0.1, 0.15) is 0 Å². The van der Waals surface area contributed by atoms with Crippen LogP contribution >= 0.6 is 12.2 Å². The normalized spacial score (nSPS) is 11.1. The van der Waals surface area contributed by atoms with Gasteiger partial charge in [-0.1, -0.05) is 0 Å². The van der Waals surface area contributed by atoms with Crippen molar-refractivity contribution in [1.82, 2.24) is 15.2 Å². The fraction of sp³-hybridized carbons (Fsp3) is 0.364. The Morgan fingerprint density at radius 1 is 1.53 bits per heavy atom. The Morgan fingerprint density at radius 3 is 2.76 bits per heavy atom. The standard InChI is InChI=1S/C11H17N5S/c1-3-16(2)10(12)15-11(17)14-8-9-4-6-13-7-5-9/h4-7H,3,8H2,1-2H3,(H3,12,14,15,17). The van der Waals surface area contributed by atoms with Crippen molar-refractivity contribution in [2.24, 2.45) is 10.7 Å². The van der Waals surface area contributed by atoms with Gasteiger partial charge in [0.05, 0.1) is 0 Å². The Kier molecular flexibility index (Phi) is 5.35. The molecular formula is C11H17N5S. The van der Waals surface area contributed by atoms with Crippen molar-refractivity contribution >= 4 is 23.3 Å². The molecule has 1 aromatic rings. The predicted molar refractivity (Wildman–Crippen MR) is 73.6 cm³/mol. The second-order valence-electron chi connectivity index (χ2n) is 3.50. The molecule has 92 valence electrons. The number of nitrogens with two attached hydrogens (primary N) is 1. The number of nitrogens with zero attached hydrogens (tertiary/aromatic N) is 3. The van der Waals surface area contributed by atoms with Crippen molar-refractivity contribution in [3.63, 3.8) is 0 Å². The van der Waals surface area contributed by atoms with Crippen LogP contribution in [0.3, 0.4) is 0 Å². The lowest BCUT2D eigenvalue weighted by Gasteiger charge is -2.15. The largest absolute Gasteiger partial charge is 0.369 e. The molecule has 3 N–H and O–H groups in total. The third-order valence-electron chi connectivity index (χ3n) is 2.27. The van der Waals surface area contributed by atoms with Gasteiger partial charge >= 0.3 is 0 Å². The molecule has 5 nitrogen and oxygen atoms in total. The zero-order valence-corrected chi connectivity index (χ0v) is 10.9. The van der Waals surface area contributed by atoms with E-state index in [0.717, 1.165) is 12.1 Å². The molecule has 0 fully saturated rings. The molecule has 0 aliphatic heterocycles. The minimum absolute atomic E-state index is 0.389. The van der Waals surface area contributed by atoms with Crippen LogP contribution in [0.1, 0.15) is 12.5 Å². The number of guanidine groups is 1. The maximum Gasteiger partial charge on any atom is 0.198 e. The van der Waals surface area contributed by atoms with Gasteiger partial charge in [0.15, 0.2) is 11.1 Å². The fourth-order valence-corrected chi connectivity index (χ4v) is 1.23. The average molecular weight is 251 g/mol. The van der Waals surface area contributed by atoms with Crippen molar-refractivity contribution in [2.75, 3.05) is 13.6 Å². The van der Waals surface area contributed by atoms with E-state index in [1.807, 2.05) is 31.0 Å². The van der Waals surface area contributed by atoms with Crippen molar-refractivity contribution in [1.29, 1.82) is 0 Å². The van der Waals surface area contributed by atoms with Crippen LogP contribution in [0.15, 0.2) is 29.5 Å². The molecule has 0 radical (unpaired) electrons. The minimum atomic E-state index is 0.389. The third kappa shape index (κ3) is 4.78. The topological polar surface area (TPSA) is 66.5 Å². The number of aliphatic imine (C=N–C) groups is 1. The molecule has 1 aromatic heterocycles. The second kappa shape index (κ2) is 6.80. The van der Waals surface area contributed by atoms with Crippen molar-refractivity contribution in [3.05, 3.63) is 30.1 Å². The quantitative estimate of drug-likeness (QED) is 0.471. The highest BCUT2D eigenvalue weighted by atomic mass is 32.1. The summed E-state index contributed by atoms with van der Waals surface area (Å²) >= 11 is 5.08. The number of aromatic nitrogens is 1. The van der Waals surface area contributed by atoms with E-state index < -0.39 is 0 Å². The van der Waals surface area contributed by atoms with Gasteiger partial charge in [0.25, 0.3) is 0 Å². The number of thiocarbonyl (C=S) groups is 1. The zero-order chi connectivity index (χ0) is 12.7. The Labute approximate surface area is 107 Å². The van der Waals surface area contributed by atoms with Crippen LogP contribution in [0, 0.1) is 0 Å². The van der Waals surface area contributed by atoms with Gasteiger partial charge < -0.3 is 16.0 Å². The fourth-order valence-electron chi connectivity index (χ4n) is 1.07. The van der Waals surface area contributed by atoms with E-state index in [1.54, 1.807) is 12.4 Å². The van der Waals surface area contributed by atoms with E-state index in [2.05, 4.69) is 15.3 Å². The van der Waals surface area contributed by atoms with Gasteiger partial charge in [-0.25, -0.2) is 0 Å². The van der Waals surface area contributed by atoms with Gasteiger partial charge in [-0.05, 0) is 36.8 Å². The molecule has 6 heteroatoms. The zero-order valence-electron chi connectivity index (χ0n) is 10.1. The molecule has 0 aliphatic carbocycles. The highest BCUT2D eigenvalue weighted by Gasteiger charge is 2.00. The summed E-state index contributed by atoms with van der Waals surface area (Å²) in [7, 11) is 1.87. The molecule has 0 saturated heterocycles. The SMILES string of the molecule is CCN(C)C(N)=NC(=S)NCc1ccncc1. The summed E-state index contributed by atoms with van der Waals surface area (Å²) in [4.78, 5) is 9.85. The molecule has 0 amide bonds. The van der Waals surface area contributed by atoms with Crippen LogP contribution in [0.2, 0.25) is 0 Å². The maximum absolute atomic E-state index is 5.74. The average Bonchev–Trinajstić information content (AvgIpc) is 2.36. The number of pyridine rings is 1. The number of rotatable bonds is 3. The molecule has 1 rings (SSSR count). The lowest BCUT2D eigenvalue weighted by molar-refractivity contribution is 0.530. The Morgan fingerprint density at radius 2 is 2.18 bits per heavy atom. The number of hydrogen-bond acceptors (Lipinski definition) is 2. The summed E-state index contributed by atoms with van der Waals surface area (Å²) in [6, 6.07) is 3.84. The Bertz CT molecular complexity index is 390. The highest BCUT2D eigenvalue weighted by Crippen LogP contribution is 1.95. The monoisotopic (exact) mass is 251 g/mol. The Balaban J connectivity index is 2.45. The third-order valence-corrected chi connectivity index (χ3v) is 2.51. The van der Waals surface area contributed by atoms with E-state index in [1.165, 1.54) is 0 Å². The molecule has 0 spiro atoms. The van der Waals surface area contributed by atoms with Crippen molar-refractivity contribution in [2.45, 2.75) is 13.5 Å². The van der Waals surface area contributed by atoms with Crippen LogP contribution in [-0.4, -0.2) is 34.5 Å². The summed E-state index contributed by atoms with van der Waals surface area (Å²) in [5.41, 5.74) is 6.83. The lowest BCUT2D eigenvalue weighted by atomic mass is 10.3. The van der Waals surface area contributed by atoms with Crippen LogP contribution in [0.4, 0.5) is 0 Å². The molecule has 1 heterocycles. The summed E-state index contributed by atoms with van der Waals surface area (Å²) in [5, 5.41) is 3.41. The van der Waals surface area contributed by atoms with Gasteiger partial charge in [-0.15, -0.1) is 0 Å². The molecule has 17 heavy (non-hydrogen) atoms. The summed E-state index contributed by atoms with van der Waals surface area (Å²) in [6.07, 6.45) is 3.48. The second-order valence-corrected chi connectivity index (χ2v) is 3.89. The number of nitrogens with one attached hydrogen (secondary N) is 1. The van der Waals surface area contributed by atoms with Crippen LogP contribution in [-0.2, 0) is 6.54 Å². The van der Waals surface area contributed by atoms with Crippen molar-refractivity contribution in [3.8, 4) is 0 Å². The Hall–Kier alpha value is -1.69. The first-order valence-corrected chi connectivity index (χ1v) is 5.76. The van der Waals surface area contributed by atoms with Crippen molar-refractivity contribution < 1.29 is 0 Å². The summed E-state index contributed by atoms with van der Waals surface area (Å²) < 4.78 is 0.